The molecular weight excluding hydrogens is 427 g/mol. The lowest BCUT2D eigenvalue weighted by molar-refractivity contribution is -0.140. The van der Waals surface area contributed by atoms with Gasteiger partial charge in [0.15, 0.2) is 17.2 Å². The lowest BCUT2D eigenvalue weighted by Gasteiger charge is -2.07. The van der Waals surface area contributed by atoms with Gasteiger partial charge in [-0.25, -0.2) is 4.98 Å². The van der Waals surface area contributed by atoms with Crippen LogP contribution in [-0.2, 0) is 6.18 Å². The van der Waals surface area contributed by atoms with Gasteiger partial charge in [0.1, 0.15) is 0 Å². The summed E-state index contributed by atoms with van der Waals surface area (Å²) in [4.78, 5) is 3.65. The molecule has 29 heavy (non-hydrogen) atoms. The predicted molar refractivity (Wildman–Crippen MR) is 108 cm³/mol. The Kier molecular flexibility index (Phi) is 6.29. The fourth-order valence-electron chi connectivity index (χ4n) is 2.45. The lowest BCUT2D eigenvalue weighted by atomic mass is 10.1. The molecule has 0 atom stereocenters. The SMILES string of the molecule is COc1ccc(C=NNc2nc(C(F)(F)F)c(-c3ccc(Cl)cc3)s2)cc1OC. The summed E-state index contributed by atoms with van der Waals surface area (Å²) in [5, 5.41) is 4.42. The van der Waals surface area contributed by atoms with Crippen molar-refractivity contribution < 1.29 is 22.6 Å². The lowest BCUT2D eigenvalue weighted by Crippen LogP contribution is -2.07. The maximum absolute atomic E-state index is 13.4. The molecular formula is C19H15ClF3N3O2S. The van der Waals surface area contributed by atoms with Crippen molar-refractivity contribution in [3.05, 3.63) is 58.7 Å². The zero-order valence-corrected chi connectivity index (χ0v) is 16.8. The summed E-state index contributed by atoms with van der Waals surface area (Å²) in [7, 11) is 3.02. The van der Waals surface area contributed by atoms with Gasteiger partial charge >= 0.3 is 6.18 Å². The summed E-state index contributed by atoms with van der Waals surface area (Å²) >= 11 is 6.67. The maximum Gasteiger partial charge on any atom is 0.434 e. The molecule has 152 valence electrons. The number of halogens is 4. The molecule has 0 unspecified atom stereocenters. The standard InChI is InChI=1S/C19H15ClF3N3O2S/c1-27-14-8-3-11(9-15(14)28-2)10-24-26-18-25-17(19(21,22)23)16(29-18)12-4-6-13(20)7-5-12/h3-10H,1-2H3,(H,25,26). The number of methoxy groups -OCH3 is 2. The highest BCUT2D eigenvalue weighted by Gasteiger charge is 2.38. The van der Waals surface area contributed by atoms with Gasteiger partial charge < -0.3 is 9.47 Å². The molecule has 0 radical (unpaired) electrons. The highest BCUT2D eigenvalue weighted by atomic mass is 35.5. The van der Waals surface area contributed by atoms with Crippen LogP contribution < -0.4 is 14.9 Å². The number of hydrogen-bond acceptors (Lipinski definition) is 6. The van der Waals surface area contributed by atoms with Crippen LogP contribution in [0.2, 0.25) is 5.02 Å². The minimum Gasteiger partial charge on any atom is -0.493 e. The van der Waals surface area contributed by atoms with Crippen molar-refractivity contribution in [1.29, 1.82) is 0 Å². The van der Waals surface area contributed by atoms with Crippen LogP contribution in [0.25, 0.3) is 10.4 Å². The largest absolute Gasteiger partial charge is 0.493 e. The van der Waals surface area contributed by atoms with Crippen molar-refractivity contribution in [2.45, 2.75) is 6.18 Å². The van der Waals surface area contributed by atoms with Gasteiger partial charge in [-0.15, -0.1) is 0 Å². The number of ether oxygens (including phenoxy) is 2. The molecule has 0 saturated heterocycles. The van der Waals surface area contributed by atoms with Crippen molar-refractivity contribution in [1.82, 2.24) is 4.98 Å². The van der Waals surface area contributed by atoms with Gasteiger partial charge in [0.2, 0.25) is 5.13 Å². The van der Waals surface area contributed by atoms with Gasteiger partial charge in [0, 0.05) is 5.02 Å². The van der Waals surface area contributed by atoms with Crippen LogP contribution in [0.3, 0.4) is 0 Å². The summed E-state index contributed by atoms with van der Waals surface area (Å²) in [5.74, 6) is 1.06. The number of hydrazone groups is 1. The van der Waals surface area contributed by atoms with Crippen LogP contribution in [0.15, 0.2) is 47.6 Å². The van der Waals surface area contributed by atoms with Crippen molar-refractivity contribution in [2.75, 3.05) is 19.6 Å². The summed E-state index contributed by atoms with van der Waals surface area (Å²) in [6, 6.07) is 11.2. The van der Waals surface area contributed by atoms with E-state index in [0.717, 1.165) is 11.3 Å². The van der Waals surface area contributed by atoms with E-state index in [2.05, 4.69) is 15.5 Å². The summed E-state index contributed by atoms with van der Waals surface area (Å²) < 4.78 is 50.5. The van der Waals surface area contributed by atoms with Crippen molar-refractivity contribution in [3.8, 4) is 21.9 Å². The average molecular weight is 442 g/mol. The second-order valence-corrected chi connectivity index (χ2v) is 7.12. The van der Waals surface area contributed by atoms with E-state index >= 15 is 0 Å². The quantitative estimate of drug-likeness (QED) is 0.379. The Hall–Kier alpha value is -2.78. The third-order valence-corrected chi connectivity index (χ3v) is 5.04. The smallest absolute Gasteiger partial charge is 0.434 e. The number of aromatic nitrogens is 1. The monoisotopic (exact) mass is 441 g/mol. The van der Waals surface area contributed by atoms with E-state index in [1.807, 2.05) is 0 Å². The third-order valence-electron chi connectivity index (χ3n) is 3.78. The van der Waals surface area contributed by atoms with E-state index in [9.17, 15) is 13.2 Å². The predicted octanol–water partition coefficient (Wildman–Crippen LogP) is 5.95. The molecule has 0 aliphatic rings. The Morgan fingerprint density at radius 2 is 1.76 bits per heavy atom. The number of hydrogen-bond donors (Lipinski definition) is 1. The minimum absolute atomic E-state index is 0.0130. The Labute approximate surface area is 173 Å². The number of alkyl halides is 3. The first-order valence-electron chi connectivity index (χ1n) is 8.17. The zero-order chi connectivity index (χ0) is 21.0. The molecule has 0 aliphatic heterocycles. The fourth-order valence-corrected chi connectivity index (χ4v) is 3.52. The van der Waals surface area contributed by atoms with Gasteiger partial charge in [-0.1, -0.05) is 35.1 Å². The molecule has 0 saturated carbocycles. The Morgan fingerprint density at radius 1 is 1.07 bits per heavy atom. The Balaban J connectivity index is 1.84. The second-order valence-electron chi connectivity index (χ2n) is 5.69. The van der Waals surface area contributed by atoms with Gasteiger partial charge in [-0.2, -0.15) is 18.3 Å². The van der Waals surface area contributed by atoms with E-state index in [-0.39, 0.29) is 10.0 Å². The molecule has 0 bridgehead atoms. The number of nitrogens with one attached hydrogen (secondary N) is 1. The van der Waals surface area contributed by atoms with Gasteiger partial charge in [0.25, 0.3) is 0 Å². The number of rotatable bonds is 6. The van der Waals surface area contributed by atoms with Crippen molar-refractivity contribution in [2.24, 2.45) is 5.10 Å². The summed E-state index contributed by atoms with van der Waals surface area (Å²) in [6.07, 6.45) is -3.16. The van der Waals surface area contributed by atoms with Crippen LogP contribution in [0.1, 0.15) is 11.3 Å². The first-order chi connectivity index (χ1) is 13.8. The molecule has 3 rings (SSSR count). The van der Waals surface area contributed by atoms with E-state index < -0.39 is 11.9 Å². The van der Waals surface area contributed by atoms with Crippen LogP contribution in [0, 0.1) is 0 Å². The van der Waals surface area contributed by atoms with Gasteiger partial charge in [0.05, 0.1) is 25.3 Å². The van der Waals surface area contributed by atoms with Gasteiger partial charge in [-0.3, -0.25) is 5.43 Å². The number of nitrogens with zero attached hydrogens (tertiary/aromatic N) is 2. The zero-order valence-electron chi connectivity index (χ0n) is 15.2. The molecule has 0 aliphatic carbocycles. The molecule has 1 N–H and O–H groups in total. The van der Waals surface area contributed by atoms with E-state index in [1.54, 1.807) is 18.2 Å². The number of thiazole rings is 1. The van der Waals surface area contributed by atoms with E-state index in [1.165, 1.54) is 44.7 Å². The van der Waals surface area contributed by atoms with Crippen LogP contribution in [0.4, 0.5) is 18.3 Å². The summed E-state index contributed by atoms with van der Waals surface area (Å²) in [6.45, 7) is 0. The fraction of sp³-hybridized carbons (Fsp3) is 0.158. The van der Waals surface area contributed by atoms with Gasteiger partial charge in [-0.05, 0) is 41.5 Å². The first-order valence-corrected chi connectivity index (χ1v) is 9.36. The minimum atomic E-state index is -4.60. The van der Waals surface area contributed by atoms with E-state index in [4.69, 9.17) is 21.1 Å². The first kappa shape index (κ1) is 20.9. The molecule has 1 aromatic heterocycles. The molecule has 10 heteroatoms. The second kappa shape index (κ2) is 8.71. The normalized spacial score (nSPS) is 11.7. The molecule has 1 heterocycles. The Bertz CT molecular complexity index is 1020. The molecule has 0 amide bonds. The highest BCUT2D eigenvalue weighted by molar-refractivity contribution is 7.19. The molecule has 0 fully saturated rings. The Morgan fingerprint density at radius 3 is 2.38 bits per heavy atom. The van der Waals surface area contributed by atoms with Crippen molar-refractivity contribution >= 4 is 34.3 Å². The molecule has 0 spiro atoms. The third kappa shape index (κ3) is 4.99. The molecule has 5 nitrogen and oxygen atoms in total. The molecule has 3 aromatic rings. The maximum atomic E-state index is 13.4. The topological polar surface area (TPSA) is 55.7 Å². The average Bonchev–Trinajstić information content (AvgIpc) is 3.13. The van der Waals surface area contributed by atoms with E-state index in [0.29, 0.717) is 27.6 Å². The highest BCUT2D eigenvalue weighted by Crippen LogP contribution is 2.42. The summed E-state index contributed by atoms with van der Waals surface area (Å²) in [5.41, 5.74) is 2.61. The number of anilines is 1. The van der Waals surface area contributed by atoms with Crippen LogP contribution >= 0.6 is 22.9 Å². The number of benzene rings is 2. The molecule has 2 aromatic carbocycles. The van der Waals surface area contributed by atoms with Crippen LogP contribution in [0.5, 0.6) is 11.5 Å². The van der Waals surface area contributed by atoms with Crippen LogP contribution in [-0.4, -0.2) is 25.4 Å². The van der Waals surface area contributed by atoms with Crippen molar-refractivity contribution in [3.63, 3.8) is 0 Å².